The molecule has 5 nitrogen and oxygen atoms in total. The average molecular weight is 436 g/mol. The molecule has 1 unspecified atom stereocenters. The second-order valence-corrected chi connectivity index (χ2v) is 6.77. The van der Waals surface area contributed by atoms with Crippen LogP contribution in [-0.4, -0.2) is 24.5 Å². The van der Waals surface area contributed by atoms with E-state index < -0.39 is 6.10 Å². The van der Waals surface area contributed by atoms with Gasteiger partial charge in [-0.2, -0.15) is 0 Å². The monoisotopic (exact) mass is 436 g/mol. The molecule has 0 aromatic heterocycles. The minimum atomic E-state index is -0.543. The van der Waals surface area contributed by atoms with Gasteiger partial charge in [0.05, 0.1) is 5.69 Å². The largest absolute Gasteiger partial charge is 0.479 e. The van der Waals surface area contributed by atoms with E-state index in [0.717, 1.165) is 9.26 Å². The van der Waals surface area contributed by atoms with Crippen LogP contribution >= 0.6 is 22.6 Å². The lowest BCUT2D eigenvalue weighted by atomic mass is 10.1. The molecule has 1 aliphatic heterocycles. The van der Waals surface area contributed by atoms with Gasteiger partial charge in [-0.15, -0.1) is 0 Å². The number of ether oxygens (including phenoxy) is 1. The molecule has 0 radical (unpaired) electrons. The van der Waals surface area contributed by atoms with Gasteiger partial charge in [-0.1, -0.05) is 18.2 Å². The van der Waals surface area contributed by atoms with E-state index in [1.54, 1.807) is 11.8 Å². The fourth-order valence-electron chi connectivity index (χ4n) is 2.59. The van der Waals surface area contributed by atoms with Gasteiger partial charge in [0, 0.05) is 22.2 Å². The summed E-state index contributed by atoms with van der Waals surface area (Å²) in [5.74, 6) is 0.416. The third-order valence-electron chi connectivity index (χ3n) is 3.74. The Balaban J connectivity index is 1.67. The Morgan fingerprint density at radius 3 is 2.83 bits per heavy atom. The zero-order chi connectivity index (χ0) is 17.1. The van der Waals surface area contributed by atoms with Crippen LogP contribution in [0.2, 0.25) is 0 Å². The zero-order valence-corrected chi connectivity index (χ0v) is 15.3. The molecular weight excluding hydrogens is 419 g/mol. The smallest absolute Gasteiger partial charge is 0.267 e. The van der Waals surface area contributed by atoms with Gasteiger partial charge in [0.25, 0.3) is 5.91 Å². The van der Waals surface area contributed by atoms with Crippen molar-refractivity contribution in [3.63, 3.8) is 0 Å². The highest BCUT2D eigenvalue weighted by molar-refractivity contribution is 14.1. The number of anilines is 2. The maximum atomic E-state index is 12.4. The van der Waals surface area contributed by atoms with Gasteiger partial charge in [-0.3, -0.25) is 9.59 Å². The number of nitrogens with zero attached hydrogens (tertiary/aromatic N) is 1. The summed E-state index contributed by atoms with van der Waals surface area (Å²) in [5.41, 5.74) is 1.47. The van der Waals surface area contributed by atoms with Crippen molar-refractivity contribution in [2.24, 2.45) is 0 Å². The molecular formula is C18H17IN2O3. The number of hydrogen-bond acceptors (Lipinski definition) is 3. The van der Waals surface area contributed by atoms with Crippen LogP contribution in [-0.2, 0) is 9.59 Å². The second-order valence-electron chi connectivity index (χ2n) is 5.53. The van der Waals surface area contributed by atoms with E-state index in [9.17, 15) is 9.59 Å². The van der Waals surface area contributed by atoms with Crippen molar-refractivity contribution >= 4 is 45.8 Å². The summed E-state index contributed by atoms with van der Waals surface area (Å²) in [5, 5.41) is 2.86. The predicted molar refractivity (Wildman–Crippen MR) is 101 cm³/mol. The standard InChI is InChI=1S/C18H17IN2O3/c1-12-18(23)21(15-7-2-3-8-16(15)24-12)10-9-17(22)20-14-6-4-5-13(19)11-14/h2-8,11-12H,9-10H2,1H3,(H,20,22). The van der Waals surface area contributed by atoms with E-state index in [2.05, 4.69) is 27.9 Å². The van der Waals surface area contributed by atoms with Crippen molar-refractivity contribution in [2.75, 3.05) is 16.8 Å². The molecule has 24 heavy (non-hydrogen) atoms. The van der Waals surface area contributed by atoms with E-state index in [0.29, 0.717) is 18.0 Å². The number of rotatable bonds is 4. The van der Waals surface area contributed by atoms with Crippen molar-refractivity contribution in [3.05, 3.63) is 52.1 Å². The summed E-state index contributed by atoms with van der Waals surface area (Å²) in [4.78, 5) is 26.2. The van der Waals surface area contributed by atoms with E-state index >= 15 is 0 Å². The molecule has 0 bridgehead atoms. The molecule has 1 N–H and O–H groups in total. The van der Waals surface area contributed by atoms with Crippen molar-refractivity contribution < 1.29 is 14.3 Å². The number of para-hydroxylation sites is 2. The molecule has 0 spiro atoms. The number of halogens is 1. The van der Waals surface area contributed by atoms with Crippen molar-refractivity contribution in [1.82, 2.24) is 0 Å². The predicted octanol–water partition coefficient (Wildman–Crippen LogP) is 3.43. The molecule has 124 valence electrons. The molecule has 0 fully saturated rings. The van der Waals surface area contributed by atoms with E-state index in [-0.39, 0.29) is 18.2 Å². The number of benzene rings is 2. The molecule has 1 heterocycles. The van der Waals surface area contributed by atoms with Crippen LogP contribution in [0.1, 0.15) is 13.3 Å². The molecule has 6 heteroatoms. The summed E-state index contributed by atoms with van der Waals surface area (Å²) in [6.07, 6.45) is -0.322. The topological polar surface area (TPSA) is 58.6 Å². The molecule has 1 aliphatic rings. The Morgan fingerprint density at radius 2 is 2.04 bits per heavy atom. The second kappa shape index (κ2) is 7.21. The normalized spacial score (nSPS) is 16.3. The molecule has 3 rings (SSSR count). The lowest BCUT2D eigenvalue weighted by molar-refractivity contribution is -0.125. The minimum Gasteiger partial charge on any atom is -0.479 e. The first-order valence-electron chi connectivity index (χ1n) is 7.67. The highest BCUT2D eigenvalue weighted by Crippen LogP contribution is 2.33. The van der Waals surface area contributed by atoms with E-state index in [1.165, 1.54) is 0 Å². The third kappa shape index (κ3) is 3.69. The SMILES string of the molecule is CC1Oc2ccccc2N(CCC(=O)Nc2cccc(I)c2)C1=O. The number of carbonyl (C=O) groups excluding carboxylic acids is 2. The fraction of sp³-hybridized carbons (Fsp3) is 0.222. The maximum absolute atomic E-state index is 12.4. The summed E-state index contributed by atoms with van der Waals surface area (Å²) >= 11 is 2.20. The Kier molecular flexibility index (Phi) is 5.03. The van der Waals surface area contributed by atoms with Crippen LogP contribution in [0, 0.1) is 3.57 Å². The van der Waals surface area contributed by atoms with Crippen LogP contribution in [0.3, 0.4) is 0 Å². The lowest BCUT2D eigenvalue weighted by Gasteiger charge is -2.32. The highest BCUT2D eigenvalue weighted by Gasteiger charge is 2.31. The van der Waals surface area contributed by atoms with Gasteiger partial charge in [0.1, 0.15) is 5.75 Å². The number of nitrogens with one attached hydrogen (secondary N) is 1. The van der Waals surface area contributed by atoms with Crippen molar-refractivity contribution in [1.29, 1.82) is 0 Å². The number of hydrogen-bond donors (Lipinski definition) is 1. The summed E-state index contributed by atoms with van der Waals surface area (Å²) < 4.78 is 6.65. The molecule has 2 aromatic rings. The van der Waals surface area contributed by atoms with Gasteiger partial charge in [0.15, 0.2) is 6.10 Å². The molecule has 0 aliphatic carbocycles. The number of fused-ring (bicyclic) bond motifs is 1. The number of amides is 2. The first kappa shape index (κ1) is 16.8. The first-order valence-corrected chi connectivity index (χ1v) is 8.75. The van der Waals surface area contributed by atoms with E-state index in [4.69, 9.17) is 4.74 Å². The third-order valence-corrected chi connectivity index (χ3v) is 4.42. The lowest BCUT2D eigenvalue weighted by Crippen LogP contribution is -2.45. The Hall–Kier alpha value is -2.09. The summed E-state index contributed by atoms with van der Waals surface area (Å²) in [6, 6.07) is 15.0. The minimum absolute atomic E-state index is 0.124. The van der Waals surface area contributed by atoms with Crippen LogP contribution < -0.4 is 15.0 Å². The van der Waals surface area contributed by atoms with Crippen LogP contribution in [0.4, 0.5) is 11.4 Å². The average Bonchev–Trinajstić information content (AvgIpc) is 2.55. The van der Waals surface area contributed by atoms with Gasteiger partial charge < -0.3 is 15.0 Å². The molecule has 2 amide bonds. The highest BCUT2D eigenvalue weighted by atomic mass is 127. The van der Waals surface area contributed by atoms with Crippen LogP contribution in [0.5, 0.6) is 5.75 Å². The Labute approximate surface area is 154 Å². The van der Waals surface area contributed by atoms with Gasteiger partial charge in [0.2, 0.25) is 5.91 Å². The Morgan fingerprint density at radius 1 is 1.25 bits per heavy atom. The first-order chi connectivity index (χ1) is 11.5. The molecule has 2 aromatic carbocycles. The van der Waals surface area contributed by atoms with Gasteiger partial charge >= 0.3 is 0 Å². The van der Waals surface area contributed by atoms with Gasteiger partial charge in [-0.05, 0) is 59.8 Å². The molecule has 0 saturated carbocycles. The number of carbonyl (C=O) groups is 2. The van der Waals surface area contributed by atoms with E-state index in [1.807, 2.05) is 48.5 Å². The Bertz CT molecular complexity index is 778. The summed E-state index contributed by atoms with van der Waals surface area (Å²) in [7, 11) is 0. The quantitative estimate of drug-likeness (QED) is 0.748. The van der Waals surface area contributed by atoms with Crippen LogP contribution in [0.15, 0.2) is 48.5 Å². The van der Waals surface area contributed by atoms with Crippen molar-refractivity contribution in [2.45, 2.75) is 19.4 Å². The maximum Gasteiger partial charge on any atom is 0.267 e. The molecule has 1 atom stereocenters. The molecule has 0 saturated heterocycles. The summed E-state index contributed by atoms with van der Waals surface area (Å²) in [6.45, 7) is 2.04. The fourth-order valence-corrected chi connectivity index (χ4v) is 3.14. The van der Waals surface area contributed by atoms with Crippen molar-refractivity contribution in [3.8, 4) is 5.75 Å². The zero-order valence-electron chi connectivity index (χ0n) is 13.2. The van der Waals surface area contributed by atoms with Gasteiger partial charge in [-0.25, -0.2) is 0 Å². The van der Waals surface area contributed by atoms with Crippen LogP contribution in [0.25, 0.3) is 0 Å².